The number of nitrogens with zero attached hydrogens (tertiary/aromatic N) is 2. The van der Waals surface area contributed by atoms with Gasteiger partial charge < -0.3 is 8.80 Å². The van der Waals surface area contributed by atoms with Crippen LogP contribution in [0.15, 0.2) is 206 Å². The molecular formula is C74H52N2S2. The first-order chi connectivity index (χ1) is 43.3. The van der Waals surface area contributed by atoms with Gasteiger partial charge in [0.25, 0.3) is 0 Å². The van der Waals surface area contributed by atoms with Crippen molar-refractivity contribution in [3.05, 3.63) is 217 Å². The van der Waals surface area contributed by atoms with E-state index in [4.69, 9.17) is 13.7 Å². The molecule has 0 N–H and O–H groups in total. The Hall–Kier alpha value is -8.54. The molecule has 0 saturated carbocycles. The summed E-state index contributed by atoms with van der Waals surface area (Å²) in [5, 5.41) is 13.0. The van der Waals surface area contributed by atoms with Crippen molar-refractivity contribution in [3.8, 4) is 44.5 Å². The van der Waals surface area contributed by atoms with Crippen LogP contribution >= 0.6 is 22.7 Å². The van der Waals surface area contributed by atoms with E-state index in [1.807, 2.05) is 47.6 Å². The van der Waals surface area contributed by atoms with Crippen molar-refractivity contribution in [3.63, 3.8) is 0 Å². The van der Waals surface area contributed by atoms with Crippen molar-refractivity contribution in [2.45, 2.75) is 52.4 Å². The second-order valence-corrected chi connectivity index (χ2v) is 25.2. The third kappa shape index (κ3) is 6.19. The van der Waals surface area contributed by atoms with Crippen molar-refractivity contribution in [1.29, 1.82) is 0 Å². The average molecular weight is 1050 g/mol. The number of benzene rings is 11. The van der Waals surface area contributed by atoms with Crippen LogP contribution in [0.4, 0.5) is 0 Å². The van der Waals surface area contributed by atoms with Gasteiger partial charge in [-0.2, -0.15) is 0 Å². The van der Waals surface area contributed by atoms with E-state index >= 15 is 0 Å². The third-order valence-corrected chi connectivity index (χ3v) is 18.7. The summed E-state index contributed by atoms with van der Waals surface area (Å²) < 4.78 is 126. The minimum absolute atomic E-state index is 0.0756. The van der Waals surface area contributed by atoms with Gasteiger partial charge in [-0.3, -0.25) is 0 Å². The third-order valence-electron chi connectivity index (χ3n) is 16.3. The largest absolute Gasteiger partial charge is 0.308 e. The Morgan fingerprint density at radius 1 is 0.333 bits per heavy atom. The number of hydrogen-bond donors (Lipinski definition) is 0. The van der Waals surface area contributed by atoms with E-state index in [0.717, 1.165) is 117 Å². The molecule has 17 rings (SSSR count). The molecule has 6 heterocycles. The fourth-order valence-corrected chi connectivity index (χ4v) is 15.1. The number of rotatable bonds is 4. The molecule has 0 aliphatic heterocycles. The van der Waals surface area contributed by atoms with Gasteiger partial charge in [-0.1, -0.05) is 169 Å². The Balaban J connectivity index is 0.970. The minimum atomic E-state index is -0.545. The summed E-state index contributed by atoms with van der Waals surface area (Å²) in [5.41, 5.74) is 9.24. The molecule has 0 aliphatic rings. The quantitative estimate of drug-likeness (QED) is 0.166. The Labute approximate surface area is 477 Å². The first kappa shape index (κ1) is 33.6. The maximum Gasteiger partial charge on any atom is 0.0635 e. The van der Waals surface area contributed by atoms with Gasteiger partial charge >= 0.3 is 0 Å². The summed E-state index contributed by atoms with van der Waals surface area (Å²) in [5.74, 6) is 0. The van der Waals surface area contributed by atoms with Crippen LogP contribution in [0, 0.1) is 0 Å². The molecule has 0 spiro atoms. The van der Waals surface area contributed by atoms with Crippen molar-refractivity contribution in [1.82, 2.24) is 8.80 Å². The van der Waals surface area contributed by atoms with E-state index in [9.17, 15) is 4.11 Å². The number of fused-ring (bicyclic) bond motifs is 20. The summed E-state index contributed by atoms with van der Waals surface area (Å²) in [6.07, 6.45) is 0. The molecule has 0 amide bonds. The SMILES string of the molecule is [2H]c1c([2H])c([2H])c(-c2cc(-c3ccc4c(c3)c3c5sc6ccccc6c5cc5c6cc7c(cc6n4c53)c3cc4c5ccccc5sc4c4c5cc(-c6c([2H])c(C(C)(C)C)c([2H])c(C(C)(C)C)c6[2H])ccc5n7c34)cc(-c3c([2H])c([2H])c([2H])c([2H])c3[2H])c2)c([2H])c1[2H]. The van der Waals surface area contributed by atoms with E-state index in [-0.39, 0.29) is 40.4 Å². The molecule has 6 aromatic heterocycles. The highest BCUT2D eigenvalue weighted by molar-refractivity contribution is 7.27. The molecule has 0 atom stereocenters. The van der Waals surface area contributed by atoms with Gasteiger partial charge in [-0.05, 0) is 145 Å². The number of thiophene rings is 2. The van der Waals surface area contributed by atoms with Crippen molar-refractivity contribution < 1.29 is 17.8 Å². The zero-order valence-electron chi connectivity index (χ0n) is 56.3. The van der Waals surface area contributed by atoms with Gasteiger partial charge in [0, 0.05) is 83.4 Å². The highest BCUT2D eigenvalue weighted by Crippen LogP contribution is 2.53. The topological polar surface area (TPSA) is 8.82 Å². The second kappa shape index (κ2) is 15.6. The molecule has 0 fully saturated rings. The molecule has 0 unspecified atom stereocenters. The minimum Gasteiger partial charge on any atom is -0.308 e. The lowest BCUT2D eigenvalue weighted by Crippen LogP contribution is -2.16. The molecule has 78 heavy (non-hydrogen) atoms. The van der Waals surface area contributed by atoms with Gasteiger partial charge in [0.05, 0.1) is 50.9 Å². The van der Waals surface area contributed by atoms with Crippen molar-refractivity contribution in [2.75, 3.05) is 0 Å². The van der Waals surface area contributed by atoms with E-state index in [0.29, 0.717) is 27.8 Å². The van der Waals surface area contributed by atoms with E-state index < -0.39 is 71.3 Å². The summed E-state index contributed by atoms with van der Waals surface area (Å²) in [6.45, 7) is 12.3. The molecule has 2 nitrogen and oxygen atoms in total. The van der Waals surface area contributed by atoms with Gasteiger partial charge in [0.15, 0.2) is 0 Å². The average Bonchev–Trinajstić information content (AvgIpc) is 1.51. The number of aromatic nitrogens is 2. The molecule has 370 valence electrons. The van der Waals surface area contributed by atoms with Crippen LogP contribution in [-0.2, 0) is 10.8 Å². The summed E-state index contributed by atoms with van der Waals surface area (Å²) in [6, 6.07) is 40.0. The lowest BCUT2D eigenvalue weighted by atomic mass is 9.79. The predicted octanol–water partition coefficient (Wildman–Crippen LogP) is 22.0. The first-order valence-electron chi connectivity index (χ1n) is 32.8. The molecule has 0 radical (unpaired) electrons. The maximum absolute atomic E-state index is 9.83. The maximum atomic E-state index is 9.83. The highest BCUT2D eigenvalue weighted by atomic mass is 32.1. The second-order valence-electron chi connectivity index (χ2n) is 23.1. The predicted molar refractivity (Wildman–Crippen MR) is 341 cm³/mol. The fourth-order valence-electron chi connectivity index (χ4n) is 12.6. The van der Waals surface area contributed by atoms with Crippen LogP contribution in [0.5, 0.6) is 0 Å². The molecule has 0 saturated heterocycles. The van der Waals surface area contributed by atoms with Crippen LogP contribution in [-0.4, -0.2) is 8.80 Å². The van der Waals surface area contributed by atoms with Crippen molar-refractivity contribution >= 4 is 139 Å². The van der Waals surface area contributed by atoms with E-state index in [2.05, 4.69) is 112 Å². The first-order valence-corrected chi connectivity index (χ1v) is 28.0. The zero-order chi connectivity index (χ0) is 63.4. The van der Waals surface area contributed by atoms with Gasteiger partial charge in [0.2, 0.25) is 0 Å². The zero-order valence-corrected chi connectivity index (χ0v) is 45.0. The monoisotopic (exact) mass is 1050 g/mol. The molecule has 11 aromatic carbocycles. The molecule has 4 heteroatoms. The van der Waals surface area contributed by atoms with Gasteiger partial charge in [0.1, 0.15) is 0 Å². The molecule has 0 bridgehead atoms. The Morgan fingerprint density at radius 2 is 0.756 bits per heavy atom. The van der Waals surface area contributed by atoms with Crippen LogP contribution < -0.4 is 0 Å². The van der Waals surface area contributed by atoms with Crippen LogP contribution in [0.1, 0.15) is 70.5 Å². The summed E-state index contributed by atoms with van der Waals surface area (Å²) in [7, 11) is 0. The Kier molecular flexibility index (Phi) is 6.70. The summed E-state index contributed by atoms with van der Waals surface area (Å²) >= 11 is 3.52. The Morgan fingerprint density at radius 3 is 1.21 bits per heavy atom. The fraction of sp³-hybridized carbons (Fsp3) is 0.108. The molecular weight excluding hydrogens is 981 g/mol. The highest BCUT2D eigenvalue weighted by Gasteiger charge is 2.28. The number of hydrogen-bond acceptors (Lipinski definition) is 2. The van der Waals surface area contributed by atoms with Crippen molar-refractivity contribution in [2.24, 2.45) is 0 Å². The van der Waals surface area contributed by atoms with E-state index in [1.54, 1.807) is 40.9 Å². The standard InChI is InChI=1S/C74H52N2S2/c1-73(2,3)49-32-48(33-50(36-49)74(4,5)6)44-26-28-62-60(35-44)68-70-56(38-58-52-22-14-16-24-66(52)78-72(58)68)54-39-63-53(40-64(54)76(62)70)55-37-57-51-21-13-15-23-65(51)77-71(57)67-59-34-43(25-27-61(59)75(63)69(55)67)47-30-45(41-17-9-7-10-18-41)29-46(31-47)42-19-11-8-12-20-42/h7-40H,1-6H3/i7D,8D,9D,10D,11D,12D,17D,18D,19D,20D,32D,33D,36D. The Bertz CT molecular complexity index is 6020. The van der Waals surface area contributed by atoms with Gasteiger partial charge in [-0.15, -0.1) is 22.7 Å². The lowest BCUT2D eigenvalue weighted by Gasteiger charge is -2.26. The normalized spacial score (nSPS) is 15.3. The van der Waals surface area contributed by atoms with Crippen LogP contribution in [0.2, 0.25) is 0 Å². The van der Waals surface area contributed by atoms with Crippen LogP contribution in [0.3, 0.4) is 0 Å². The lowest BCUT2D eigenvalue weighted by molar-refractivity contribution is 0.569. The smallest absolute Gasteiger partial charge is 0.0635 e. The summed E-state index contributed by atoms with van der Waals surface area (Å²) in [4.78, 5) is 0. The van der Waals surface area contributed by atoms with Gasteiger partial charge in [-0.25, -0.2) is 0 Å². The van der Waals surface area contributed by atoms with E-state index in [1.165, 1.54) is 4.70 Å². The molecule has 0 aliphatic carbocycles. The molecule has 17 aromatic rings. The van der Waals surface area contributed by atoms with Crippen LogP contribution in [0.25, 0.3) is 161 Å².